The first kappa shape index (κ1) is 13.3. The highest BCUT2D eigenvalue weighted by molar-refractivity contribution is 5.37. The summed E-state index contributed by atoms with van der Waals surface area (Å²) in [5.74, 6) is 1.96. The Morgan fingerprint density at radius 3 is 2.53 bits per heavy atom. The van der Waals surface area contributed by atoms with Crippen molar-refractivity contribution in [3.05, 3.63) is 41.1 Å². The molecule has 0 fully saturated rings. The number of hydrogen-bond donors (Lipinski definition) is 1. The van der Waals surface area contributed by atoms with Gasteiger partial charge >= 0.3 is 0 Å². The van der Waals surface area contributed by atoms with Crippen molar-refractivity contribution >= 4 is 5.95 Å². The van der Waals surface area contributed by atoms with E-state index >= 15 is 0 Å². The number of nitrogens with one attached hydrogen (secondary N) is 1. The molecule has 0 bridgehead atoms. The van der Waals surface area contributed by atoms with Gasteiger partial charge in [-0.2, -0.15) is 4.98 Å². The van der Waals surface area contributed by atoms with Gasteiger partial charge in [-0.25, -0.2) is 4.98 Å². The molecule has 0 atom stereocenters. The Bertz CT molecular complexity index is 582. The van der Waals surface area contributed by atoms with Gasteiger partial charge < -0.3 is 10.1 Å². The molecule has 0 aliphatic heterocycles. The number of ether oxygens (including phenoxy) is 1. The van der Waals surface area contributed by atoms with Crippen LogP contribution in [0.15, 0.2) is 24.3 Å². The van der Waals surface area contributed by atoms with E-state index in [1.54, 1.807) is 0 Å². The van der Waals surface area contributed by atoms with Crippen LogP contribution < -0.4 is 10.1 Å². The normalized spacial score (nSPS) is 10.3. The molecule has 0 saturated carbocycles. The summed E-state index contributed by atoms with van der Waals surface area (Å²) in [6, 6.07) is 7.84. The van der Waals surface area contributed by atoms with E-state index in [0.29, 0.717) is 11.8 Å². The topological polar surface area (TPSA) is 47.0 Å². The first-order valence-corrected chi connectivity index (χ1v) is 6.43. The van der Waals surface area contributed by atoms with Crippen molar-refractivity contribution in [2.24, 2.45) is 0 Å². The Hall–Kier alpha value is -2.10. The molecule has 2 rings (SSSR count). The molecule has 100 valence electrons. The Morgan fingerprint density at radius 2 is 1.84 bits per heavy atom. The number of benzene rings is 1. The van der Waals surface area contributed by atoms with Gasteiger partial charge in [0.25, 0.3) is 0 Å². The summed E-state index contributed by atoms with van der Waals surface area (Å²) >= 11 is 0. The fourth-order valence-electron chi connectivity index (χ4n) is 1.73. The van der Waals surface area contributed by atoms with E-state index in [0.717, 1.165) is 18.0 Å². The van der Waals surface area contributed by atoms with Crippen molar-refractivity contribution in [3.8, 4) is 11.6 Å². The Balaban J connectivity index is 2.24. The van der Waals surface area contributed by atoms with Crippen molar-refractivity contribution in [3.63, 3.8) is 0 Å². The van der Waals surface area contributed by atoms with Gasteiger partial charge in [0.05, 0.1) is 0 Å². The second-order valence-corrected chi connectivity index (χ2v) is 4.55. The largest absolute Gasteiger partial charge is 0.439 e. The van der Waals surface area contributed by atoms with Crippen molar-refractivity contribution in [2.75, 3.05) is 11.9 Å². The molecule has 19 heavy (non-hydrogen) atoms. The van der Waals surface area contributed by atoms with Gasteiger partial charge in [0.2, 0.25) is 11.8 Å². The number of nitrogens with zero attached hydrogens (tertiary/aromatic N) is 2. The van der Waals surface area contributed by atoms with E-state index in [9.17, 15) is 0 Å². The first-order chi connectivity index (χ1) is 9.08. The van der Waals surface area contributed by atoms with Gasteiger partial charge in [-0.05, 0) is 51.0 Å². The Morgan fingerprint density at radius 1 is 1.05 bits per heavy atom. The summed E-state index contributed by atoms with van der Waals surface area (Å²) in [4.78, 5) is 8.62. The summed E-state index contributed by atoms with van der Waals surface area (Å²) in [5.41, 5.74) is 3.33. The molecule has 0 unspecified atom stereocenters. The number of rotatable bonds is 4. The van der Waals surface area contributed by atoms with Crippen molar-refractivity contribution in [1.29, 1.82) is 0 Å². The number of aryl methyl sites for hydroxylation is 3. The van der Waals surface area contributed by atoms with Gasteiger partial charge in [-0.3, -0.25) is 0 Å². The quantitative estimate of drug-likeness (QED) is 0.908. The zero-order valence-corrected chi connectivity index (χ0v) is 11.8. The van der Waals surface area contributed by atoms with E-state index < -0.39 is 0 Å². The number of anilines is 1. The minimum absolute atomic E-state index is 0.562. The zero-order valence-electron chi connectivity index (χ0n) is 11.8. The van der Waals surface area contributed by atoms with Gasteiger partial charge in [0.15, 0.2) is 0 Å². The van der Waals surface area contributed by atoms with Gasteiger partial charge in [-0.15, -0.1) is 0 Å². The fourth-order valence-corrected chi connectivity index (χ4v) is 1.73. The maximum Gasteiger partial charge on any atom is 0.226 e. The number of aromatic nitrogens is 2. The summed E-state index contributed by atoms with van der Waals surface area (Å²) in [7, 11) is 0. The predicted octanol–water partition coefficient (Wildman–Crippen LogP) is 3.63. The van der Waals surface area contributed by atoms with Crippen molar-refractivity contribution < 1.29 is 4.74 Å². The van der Waals surface area contributed by atoms with Crippen LogP contribution in [0.25, 0.3) is 0 Å². The van der Waals surface area contributed by atoms with Gasteiger partial charge in [0.1, 0.15) is 5.75 Å². The molecule has 4 heteroatoms. The highest BCUT2D eigenvalue weighted by Gasteiger charge is 2.04. The Labute approximate surface area is 113 Å². The fraction of sp³-hybridized carbons (Fsp3) is 0.333. The predicted molar refractivity (Wildman–Crippen MR) is 76.9 cm³/mol. The second kappa shape index (κ2) is 5.69. The number of hydrogen-bond acceptors (Lipinski definition) is 4. The van der Waals surface area contributed by atoms with Crippen LogP contribution in [-0.4, -0.2) is 16.5 Å². The van der Waals surface area contributed by atoms with E-state index in [1.165, 1.54) is 11.1 Å². The lowest BCUT2D eigenvalue weighted by Gasteiger charge is -2.09. The highest BCUT2D eigenvalue weighted by Crippen LogP contribution is 2.23. The third-order valence-electron chi connectivity index (χ3n) is 2.87. The van der Waals surface area contributed by atoms with Crippen molar-refractivity contribution in [2.45, 2.75) is 27.7 Å². The van der Waals surface area contributed by atoms with E-state index in [1.807, 2.05) is 38.1 Å². The van der Waals surface area contributed by atoms with Crippen LogP contribution in [0, 0.1) is 20.8 Å². The minimum Gasteiger partial charge on any atom is -0.439 e. The van der Waals surface area contributed by atoms with Crippen LogP contribution in [0.2, 0.25) is 0 Å². The van der Waals surface area contributed by atoms with Crippen molar-refractivity contribution in [1.82, 2.24) is 9.97 Å². The average molecular weight is 257 g/mol. The summed E-state index contributed by atoms with van der Waals surface area (Å²) in [6.07, 6.45) is 0. The lowest BCUT2D eigenvalue weighted by atomic mass is 10.1. The molecule has 1 aromatic carbocycles. The molecule has 0 aliphatic carbocycles. The highest BCUT2D eigenvalue weighted by atomic mass is 16.5. The monoisotopic (exact) mass is 257 g/mol. The standard InChI is InChI=1S/C15H19N3O/c1-5-16-15-17-12(4)9-14(18-15)19-13-7-6-10(2)11(3)8-13/h6-9H,5H2,1-4H3,(H,16,17,18). The average Bonchev–Trinajstić information content (AvgIpc) is 2.33. The summed E-state index contributed by atoms with van der Waals surface area (Å²) in [5, 5.41) is 3.09. The van der Waals surface area contributed by atoms with Crippen LogP contribution in [0.3, 0.4) is 0 Å². The molecule has 0 amide bonds. The van der Waals surface area contributed by atoms with Crippen LogP contribution in [0.5, 0.6) is 11.6 Å². The molecular formula is C15H19N3O. The van der Waals surface area contributed by atoms with E-state index in [2.05, 4.69) is 29.1 Å². The van der Waals surface area contributed by atoms with Crippen LogP contribution in [0.1, 0.15) is 23.7 Å². The molecule has 1 N–H and O–H groups in total. The van der Waals surface area contributed by atoms with Crippen LogP contribution in [-0.2, 0) is 0 Å². The molecule has 0 aliphatic rings. The molecule has 0 saturated heterocycles. The summed E-state index contributed by atoms with van der Waals surface area (Å²) < 4.78 is 5.79. The minimum atomic E-state index is 0.562. The molecule has 0 spiro atoms. The third-order valence-corrected chi connectivity index (χ3v) is 2.87. The first-order valence-electron chi connectivity index (χ1n) is 6.43. The van der Waals surface area contributed by atoms with Gasteiger partial charge in [-0.1, -0.05) is 6.07 Å². The molecule has 0 radical (unpaired) electrons. The second-order valence-electron chi connectivity index (χ2n) is 4.55. The van der Waals surface area contributed by atoms with E-state index in [-0.39, 0.29) is 0 Å². The molecule has 1 heterocycles. The molecular weight excluding hydrogens is 238 g/mol. The Kier molecular flexibility index (Phi) is 4.00. The zero-order chi connectivity index (χ0) is 13.8. The van der Waals surface area contributed by atoms with E-state index in [4.69, 9.17) is 4.74 Å². The van der Waals surface area contributed by atoms with Crippen LogP contribution in [0.4, 0.5) is 5.95 Å². The molecule has 1 aromatic heterocycles. The maximum atomic E-state index is 5.79. The SMILES string of the molecule is CCNc1nc(C)cc(Oc2ccc(C)c(C)c2)n1. The molecule has 2 aromatic rings. The third kappa shape index (κ3) is 3.44. The molecule has 4 nitrogen and oxygen atoms in total. The maximum absolute atomic E-state index is 5.79. The van der Waals surface area contributed by atoms with Crippen LogP contribution >= 0.6 is 0 Å². The van der Waals surface area contributed by atoms with Gasteiger partial charge in [0, 0.05) is 18.3 Å². The summed E-state index contributed by atoms with van der Waals surface area (Å²) in [6.45, 7) is 8.87. The lowest BCUT2D eigenvalue weighted by molar-refractivity contribution is 0.461. The smallest absolute Gasteiger partial charge is 0.226 e. The lowest BCUT2D eigenvalue weighted by Crippen LogP contribution is -2.04.